The molecule has 0 aliphatic carbocycles. The number of thioether (sulfide) groups is 1. The monoisotopic (exact) mass is 622 g/mol. The van der Waals surface area contributed by atoms with Crippen molar-refractivity contribution in [2.45, 2.75) is 45.4 Å². The number of aryl methyl sites for hydroxylation is 3. The van der Waals surface area contributed by atoms with Gasteiger partial charge in [0.25, 0.3) is 0 Å². The lowest BCUT2D eigenvalue weighted by Crippen LogP contribution is -1.97. The fourth-order valence-corrected chi connectivity index (χ4v) is 6.86. The average molecular weight is 623 g/mol. The zero-order valence-corrected chi connectivity index (χ0v) is 27.8. The number of pyridine rings is 1. The quantitative estimate of drug-likeness (QED) is 0.150. The van der Waals surface area contributed by atoms with Gasteiger partial charge in [-0.1, -0.05) is 50.2 Å². The highest BCUT2D eigenvalue weighted by atomic mass is 32.2. The van der Waals surface area contributed by atoms with Crippen LogP contribution in [0.3, 0.4) is 0 Å². The first kappa shape index (κ1) is 29.9. The molecular formula is C40H38N4OS. The van der Waals surface area contributed by atoms with Crippen LogP contribution in [0.4, 0.5) is 0 Å². The second kappa shape index (κ2) is 12.5. The molecule has 0 saturated carbocycles. The SMILES string of the molecule is CSc1ccnc(-n2c3ccccc3c3ccc(Oc4cccc(-n5cc(-c6c(C)cc(CCC(C)C)cc6C)cn5)c4)cc32)c1. The Kier molecular flexibility index (Phi) is 8.14. The molecule has 230 valence electrons. The van der Waals surface area contributed by atoms with E-state index in [1.54, 1.807) is 11.8 Å². The maximum atomic E-state index is 6.48. The van der Waals surface area contributed by atoms with Gasteiger partial charge in [0.1, 0.15) is 17.3 Å². The molecule has 7 aromatic rings. The van der Waals surface area contributed by atoms with Crippen molar-refractivity contribution >= 4 is 33.6 Å². The number of ether oxygens (including phenoxy) is 1. The predicted molar refractivity (Wildman–Crippen MR) is 192 cm³/mol. The van der Waals surface area contributed by atoms with Gasteiger partial charge in [-0.25, -0.2) is 9.67 Å². The molecule has 3 aromatic heterocycles. The minimum atomic E-state index is 0.702. The first-order valence-corrected chi connectivity index (χ1v) is 17.1. The van der Waals surface area contributed by atoms with Crippen LogP contribution in [-0.4, -0.2) is 25.6 Å². The van der Waals surface area contributed by atoms with Crippen LogP contribution < -0.4 is 4.74 Å². The Morgan fingerprint density at radius 1 is 0.804 bits per heavy atom. The molecular weight excluding hydrogens is 585 g/mol. The van der Waals surface area contributed by atoms with Gasteiger partial charge in [0.15, 0.2) is 0 Å². The van der Waals surface area contributed by atoms with E-state index in [1.807, 2.05) is 47.4 Å². The summed E-state index contributed by atoms with van der Waals surface area (Å²) in [5, 5.41) is 7.10. The largest absolute Gasteiger partial charge is 0.457 e. The fraction of sp³-hybridized carbons (Fsp3) is 0.200. The summed E-state index contributed by atoms with van der Waals surface area (Å²) in [6, 6.07) is 31.7. The van der Waals surface area contributed by atoms with Gasteiger partial charge in [0.2, 0.25) is 0 Å². The molecule has 0 saturated heterocycles. The van der Waals surface area contributed by atoms with E-state index < -0.39 is 0 Å². The van der Waals surface area contributed by atoms with Gasteiger partial charge >= 0.3 is 0 Å². The second-order valence-corrected chi connectivity index (χ2v) is 13.3. The van der Waals surface area contributed by atoms with Crippen molar-refractivity contribution in [1.29, 1.82) is 0 Å². The molecule has 0 aliphatic heterocycles. The van der Waals surface area contributed by atoms with Crippen LogP contribution in [0.5, 0.6) is 11.5 Å². The molecule has 0 bridgehead atoms. The highest BCUT2D eigenvalue weighted by molar-refractivity contribution is 7.98. The Bertz CT molecular complexity index is 2170. The van der Waals surface area contributed by atoms with Crippen molar-refractivity contribution in [3.05, 3.63) is 126 Å². The van der Waals surface area contributed by atoms with E-state index in [4.69, 9.17) is 14.8 Å². The third-order valence-corrected chi connectivity index (χ3v) is 9.34. The number of nitrogens with zero attached hydrogens (tertiary/aromatic N) is 4. The molecule has 0 atom stereocenters. The van der Waals surface area contributed by atoms with E-state index in [-0.39, 0.29) is 0 Å². The van der Waals surface area contributed by atoms with Gasteiger partial charge in [-0.3, -0.25) is 4.57 Å². The summed E-state index contributed by atoms with van der Waals surface area (Å²) >= 11 is 1.71. The Morgan fingerprint density at radius 2 is 1.59 bits per heavy atom. The number of para-hydroxylation sites is 1. The highest BCUT2D eigenvalue weighted by Crippen LogP contribution is 2.36. The maximum Gasteiger partial charge on any atom is 0.138 e. The van der Waals surface area contributed by atoms with E-state index in [0.717, 1.165) is 51.4 Å². The van der Waals surface area contributed by atoms with Gasteiger partial charge in [-0.15, -0.1) is 11.8 Å². The molecule has 3 heterocycles. The summed E-state index contributed by atoms with van der Waals surface area (Å²) in [6.45, 7) is 8.98. The summed E-state index contributed by atoms with van der Waals surface area (Å²) in [6.07, 6.45) is 10.4. The summed E-state index contributed by atoms with van der Waals surface area (Å²) < 4.78 is 10.6. The van der Waals surface area contributed by atoms with Gasteiger partial charge in [-0.05, 0) is 104 Å². The molecule has 0 N–H and O–H groups in total. The molecule has 0 fully saturated rings. The standard InChI is InChI=1S/C40H38N4OS/c1-26(2)13-14-29-19-27(3)40(28(4)20-29)30-24-42-43(25-30)31-9-8-10-32(21-31)45-33-15-16-36-35-11-6-7-12-37(35)44(38(36)22-33)39-23-34(46-5)17-18-41-39/h6-12,15-26H,13-14H2,1-5H3. The van der Waals surface area contributed by atoms with E-state index in [9.17, 15) is 0 Å². The molecule has 0 spiro atoms. The summed E-state index contributed by atoms with van der Waals surface area (Å²) in [5.41, 5.74) is 9.49. The molecule has 0 radical (unpaired) electrons. The zero-order chi connectivity index (χ0) is 31.8. The molecule has 46 heavy (non-hydrogen) atoms. The second-order valence-electron chi connectivity index (χ2n) is 12.4. The van der Waals surface area contributed by atoms with Gasteiger partial charge < -0.3 is 4.74 Å². The van der Waals surface area contributed by atoms with Crippen molar-refractivity contribution in [3.8, 4) is 34.1 Å². The number of rotatable bonds is 9. The smallest absolute Gasteiger partial charge is 0.138 e. The normalized spacial score (nSPS) is 11.6. The lowest BCUT2D eigenvalue weighted by molar-refractivity contribution is 0.483. The Balaban J connectivity index is 1.19. The summed E-state index contributed by atoms with van der Waals surface area (Å²) in [4.78, 5) is 5.91. The van der Waals surface area contributed by atoms with Crippen LogP contribution in [0.1, 0.15) is 37.0 Å². The van der Waals surface area contributed by atoms with Crippen LogP contribution in [0.25, 0.3) is 44.4 Å². The number of hydrogen-bond donors (Lipinski definition) is 0. The van der Waals surface area contributed by atoms with Gasteiger partial charge in [-0.2, -0.15) is 5.10 Å². The molecule has 6 heteroatoms. The van der Waals surface area contributed by atoms with Crippen LogP contribution in [0, 0.1) is 19.8 Å². The van der Waals surface area contributed by atoms with E-state index in [0.29, 0.717) is 5.92 Å². The first-order chi connectivity index (χ1) is 22.4. The van der Waals surface area contributed by atoms with Crippen LogP contribution >= 0.6 is 11.8 Å². The van der Waals surface area contributed by atoms with Crippen LogP contribution in [0.15, 0.2) is 114 Å². The number of aromatic nitrogens is 4. The maximum absolute atomic E-state index is 6.48. The van der Waals surface area contributed by atoms with Crippen molar-refractivity contribution in [3.63, 3.8) is 0 Å². The third kappa shape index (κ3) is 5.81. The topological polar surface area (TPSA) is 44.9 Å². The van der Waals surface area contributed by atoms with E-state index in [1.165, 1.54) is 39.0 Å². The number of hydrogen-bond acceptors (Lipinski definition) is 4. The molecule has 7 rings (SSSR count). The minimum Gasteiger partial charge on any atom is -0.457 e. The Hall–Kier alpha value is -4.81. The molecule has 5 nitrogen and oxygen atoms in total. The molecule has 0 amide bonds. The lowest BCUT2D eigenvalue weighted by Gasteiger charge is -2.12. The van der Waals surface area contributed by atoms with Crippen LogP contribution in [-0.2, 0) is 6.42 Å². The van der Waals surface area contributed by atoms with Crippen molar-refractivity contribution in [2.24, 2.45) is 5.92 Å². The minimum absolute atomic E-state index is 0.702. The van der Waals surface area contributed by atoms with Gasteiger partial charge in [0.05, 0.1) is 22.9 Å². The average Bonchev–Trinajstić information content (AvgIpc) is 3.67. The first-order valence-electron chi connectivity index (χ1n) is 15.8. The molecule has 4 aromatic carbocycles. The predicted octanol–water partition coefficient (Wildman–Crippen LogP) is 10.8. The number of fused-ring (bicyclic) bond motifs is 3. The Morgan fingerprint density at radius 3 is 2.39 bits per heavy atom. The fourth-order valence-electron chi connectivity index (χ4n) is 6.44. The lowest BCUT2D eigenvalue weighted by atomic mass is 9.93. The molecule has 0 unspecified atom stereocenters. The summed E-state index contributed by atoms with van der Waals surface area (Å²) in [7, 11) is 0. The van der Waals surface area contributed by atoms with Crippen molar-refractivity contribution in [2.75, 3.05) is 6.26 Å². The van der Waals surface area contributed by atoms with E-state index in [2.05, 4.69) is 105 Å². The number of benzene rings is 4. The Labute approximate surface area is 274 Å². The highest BCUT2D eigenvalue weighted by Gasteiger charge is 2.15. The summed E-state index contributed by atoms with van der Waals surface area (Å²) in [5.74, 6) is 3.11. The van der Waals surface area contributed by atoms with E-state index >= 15 is 0 Å². The van der Waals surface area contributed by atoms with Crippen LogP contribution in [0.2, 0.25) is 0 Å². The zero-order valence-electron chi connectivity index (χ0n) is 27.0. The van der Waals surface area contributed by atoms with Crippen molar-refractivity contribution < 1.29 is 4.74 Å². The van der Waals surface area contributed by atoms with Gasteiger partial charge in [0, 0.05) is 45.8 Å². The van der Waals surface area contributed by atoms with Crippen molar-refractivity contribution in [1.82, 2.24) is 19.3 Å². The third-order valence-electron chi connectivity index (χ3n) is 8.62. The molecule has 0 aliphatic rings.